The van der Waals surface area contributed by atoms with Crippen molar-refractivity contribution >= 4 is 23.8 Å². The van der Waals surface area contributed by atoms with Gasteiger partial charge in [-0.1, -0.05) is 18.2 Å². The smallest absolute Gasteiger partial charge is 0.249 e. The largest absolute Gasteiger partial charge is 0.324 e. The van der Waals surface area contributed by atoms with Gasteiger partial charge >= 0.3 is 0 Å². The number of aromatic nitrogens is 1. The normalized spacial score (nSPS) is 19.3. The summed E-state index contributed by atoms with van der Waals surface area (Å²) in [7, 11) is 0. The molecule has 1 atom stereocenters. The molecule has 1 aromatic heterocycles. The molecule has 2 aliphatic rings. The molecule has 6 nitrogen and oxygen atoms in total. The maximum absolute atomic E-state index is 12.9. The quantitative estimate of drug-likeness (QED) is 0.643. The molecule has 0 spiro atoms. The summed E-state index contributed by atoms with van der Waals surface area (Å²) in [6.45, 7) is 4.05. The van der Waals surface area contributed by atoms with Crippen LogP contribution in [0.25, 0.3) is 11.8 Å². The van der Waals surface area contributed by atoms with Crippen molar-refractivity contribution in [2.75, 3.05) is 0 Å². The van der Waals surface area contributed by atoms with Gasteiger partial charge in [-0.25, -0.2) is 0 Å². The third-order valence-corrected chi connectivity index (χ3v) is 5.36. The van der Waals surface area contributed by atoms with E-state index in [1.807, 2.05) is 50.2 Å². The molecule has 1 N–H and O–H groups in total. The lowest BCUT2D eigenvalue weighted by Crippen LogP contribution is -2.45. The van der Waals surface area contributed by atoms with E-state index in [1.54, 1.807) is 11.0 Å². The number of rotatable bonds is 5. The number of hydrogen-bond acceptors (Lipinski definition) is 3. The number of amides is 3. The molecule has 2 heterocycles. The third kappa shape index (κ3) is 3.38. The number of nitrogens with one attached hydrogen (secondary N) is 1. The molecule has 0 bridgehead atoms. The van der Waals surface area contributed by atoms with E-state index < -0.39 is 6.04 Å². The van der Waals surface area contributed by atoms with Crippen LogP contribution in [0.3, 0.4) is 0 Å². The number of nitrogens with zero attached hydrogens (tertiary/aromatic N) is 2. The minimum absolute atomic E-state index is 0.0514. The summed E-state index contributed by atoms with van der Waals surface area (Å²) in [6, 6.07) is 11.5. The molecule has 28 heavy (non-hydrogen) atoms. The zero-order chi connectivity index (χ0) is 19.8. The average molecular weight is 377 g/mol. The van der Waals surface area contributed by atoms with Crippen LogP contribution in [0.1, 0.15) is 36.2 Å². The Balaban J connectivity index is 1.58. The van der Waals surface area contributed by atoms with Crippen LogP contribution >= 0.6 is 0 Å². The van der Waals surface area contributed by atoms with Crippen molar-refractivity contribution in [2.45, 2.75) is 45.2 Å². The minimum atomic E-state index is -0.686. The highest BCUT2D eigenvalue weighted by Crippen LogP contribution is 2.31. The van der Waals surface area contributed by atoms with Gasteiger partial charge in [-0.2, -0.15) is 0 Å². The molecule has 6 heteroatoms. The molecule has 1 aromatic carbocycles. The Bertz CT molecular complexity index is 970. The highest BCUT2D eigenvalue weighted by molar-refractivity contribution is 6.08. The van der Waals surface area contributed by atoms with E-state index in [2.05, 4.69) is 9.88 Å². The van der Waals surface area contributed by atoms with Crippen LogP contribution in [-0.4, -0.2) is 39.3 Å². The molecular formula is C22H23N3O3. The van der Waals surface area contributed by atoms with Gasteiger partial charge in [-0.15, -0.1) is 0 Å². The van der Waals surface area contributed by atoms with Gasteiger partial charge in [0.05, 0.1) is 6.42 Å². The van der Waals surface area contributed by atoms with Crippen LogP contribution in [0.5, 0.6) is 0 Å². The summed E-state index contributed by atoms with van der Waals surface area (Å²) in [4.78, 5) is 38.0. The number of hydrogen-bond donors (Lipinski definition) is 1. The monoisotopic (exact) mass is 377 g/mol. The molecular weight excluding hydrogens is 354 g/mol. The Morgan fingerprint density at radius 3 is 2.50 bits per heavy atom. The van der Waals surface area contributed by atoms with E-state index >= 15 is 0 Å². The zero-order valence-electron chi connectivity index (χ0n) is 16.0. The van der Waals surface area contributed by atoms with Gasteiger partial charge in [0.1, 0.15) is 6.04 Å². The maximum atomic E-state index is 12.9. The van der Waals surface area contributed by atoms with Gasteiger partial charge in [0.2, 0.25) is 17.7 Å². The Kier molecular flexibility index (Phi) is 4.63. The number of imide groups is 1. The maximum Gasteiger partial charge on any atom is 0.249 e. The Hall–Kier alpha value is -3.15. The lowest BCUT2D eigenvalue weighted by atomic mass is 10.1. The Labute approximate surface area is 163 Å². The second-order valence-corrected chi connectivity index (χ2v) is 7.44. The van der Waals surface area contributed by atoms with Crippen molar-refractivity contribution in [3.8, 4) is 5.69 Å². The SMILES string of the molecule is Cc1cc(/C=C/C(=O)N(C2CC2)[C@H]2CC(=O)NC2=O)c(C)n1-c1ccccc1. The van der Waals surface area contributed by atoms with Crippen LogP contribution in [0.2, 0.25) is 0 Å². The predicted octanol–water partition coefficient (Wildman–Crippen LogP) is 2.51. The second kappa shape index (κ2) is 7.11. The number of aryl methyl sites for hydroxylation is 1. The van der Waals surface area contributed by atoms with Gasteiger partial charge in [-0.3, -0.25) is 19.7 Å². The molecule has 0 radical (unpaired) electrons. The van der Waals surface area contributed by atoms with Crippen LogP contribution < -0.4 is 5.32 Å². The number of para-hydroxylation sites is 1. The van der Waals surface area contributed by atoms with Crippen molar-refractivity contribution in [1.29, 1.82) is 0 Å². The fraction of sp³-hybridized carbons (Fsp3) is 0.318. The van der Waals surface area contributed by atoms with E-state index in [0.717, 1.165) is 35.5 Å². The summed E-state index contributed by atoms with van der Waals surface area (Å²) < 4.78 is 2.14. The second-order valence-electron chi connectivity index (χ2n) is 7.44. The zero-order valence-corrected chi connectivity index (χ0v) is 16.0. The van der Waals surface area contributed by atoms with E-state index in [0.29, 0.717) is 0 Å². The first-order valence-corrected chi connectivity index (χ1v) is 9.54. The van der Waals surface area contributed by atoms with Crippen molar-refractivity contribution in [1.82, 2.24) is 14.8 Å². The van der Waals surface area contributed by atoms with Crippen LogP contribution in [0.15, 0.2) is 42.5 Å². The first kappa shape index (κ1) is 18.2. The fourth-order valence-corrected chi connectivity index (χ4v) is 3.88. The number of carbonyl (C=O) groups is 3. The number of carbonyl (C=O) groups excluding carboxylic acids is 3. The molecule has 4 rings (SSSR count). The highest BCUT2D eigenvalue weighted by Gasteiger charge is 2.43. The number of benzene rings is 1. The molecule has 3 amide bonds. The van der Waals surface area contributed by atoms with Crippen molar-refractivity contribution in [3.63, 3.8) is 0 Å². The lowest BCUT2D eigenvalue weighted by Gasteiger charge is -2.25. The molecule has 1 aliphatic heterocycles. The molecule has 0 unspecified atom stereocenters. The van der Waals surface area contributed by atoms with Crippen molar-refractivity contribution in [3.05, 3.63) is 59.4 Å². The third-order valence-electron chi connectivity index (χ3n) is 5.36. The van der Waals surface area contributed by atoms with Crippen molar-refractivity contribution in [2.24, 2.45) is 0 Å². The van der Waals surface area contributed by atoms with Crippen LogP contribution in [-0.2, 0) is 14.4 Å². The van der Waals surface area contributed by atoms with E-state index in [-0.39, 0.29) is 30.2 Å². The Morgan fingerprint density at radius 1 is 1.18 bits per heavy atom. The molecule has 1 saturated heterocycles. The Morgan fingerprint density at radius 2 is 1.89 bits per heavy atom. The summed E-state index contributed by atoms with van der Waals surface area (Å²) in [5.74, 6) is -0.911. The summed E-state index contributed by atoms with van der Waals surface area (Å²) in [5.41, 5.74) is 4.15. The average Bonchev–Trinajstić information content (AvgIpc) is 3.38. The minimum Gasteiger partial charge on any atom is -0.324 e. The van der Waals surface area contributed by atoms with Gasteiger partial charge < -0.3 is 9.47 Å². The fourth-order valence-electron chi connectivity index (χ4n) is 3.88. The molecule has 2 aromatic rings. The molecule has 144 valence electrons. The molecule has 2 fully saturated rings. The summed E-state index contributed by atoms with van der Waals surface area (Å²) >= 11 is 0. The van der Waals surface area contributed by atoms with Gasteiger partial charge in [0.25, 0.3) is 0 Å². The van der Waals surface area contributed by atoms with Gasteiger partial charge in [0, 0.05) is 29.2 Å². The van der Waals surface area contributed by atoms with Gasteiger partial charge in [-0.05, 0) is 56.5 Å². The van der Waals surface area contributed by atoms with Crippen LogP contribution in [0, 0.1) is 13.8 Å². The van der Waals surface area contributed by atoms with E-state index in [9.17, 15) is 14.4 Å². The predicted molar refractivity (Wildman–Crippen MR) is 106 cm³/mol. The molecule has 1 saturated carbocycles. The summed E-state index contributed by atoms with van der Waals surface area (Å²) in [5, 5.41) is 2.30. The summed E-state index contributed by atoms with van der Waals surface area (Å²) in [6.07, 6.45) is 5.12. The first-order chi connectivity index (χ1) is 13.5. The van der Waals surface area contributed by atoms with Crippen molar-refractivity contribution < 1.29 is 14.4 Å². The topological polar surface area (TPSA) is 71.4 Å². The molecule has 1 aliphatic carbocycles. The highest BCUT2D eigenvalue weighted by atomic mass is 16.2. The van der Waals surface area contributed by atoms with Gasteiger partial charge in [0.15, 0.2) is 0 Å². The first-order valence-electron chi connectivity index (χ1n) is 9.54. The lowest BCUT2D eigenvalue weighted by molar-refractivity contribution is -0.135. The van der Waals surface area contributed by atoms with Crippen LogP contribution in [0.4, 0.5) is 0 Å². The van der Waals surface area contributed by atoms with E-state index in [4.69, 9.17) is 0 Å². The standard InChI is InChI=1S/C22H23N3O3/c1-14-12-16(15(2)24(14)17-6-4-3-5-7-17)8-11-21(27)25(18-9-10-18)19-13-20(26)23-22(19)28/h3-8,11-12,18-19H,9-10,13H2,1-2H3,(H,23,26,28)/b11-8+/t19-/m0/s1. The van der Waals surface area contributed by atoms with E-state index in [1.165, 1.54) is 6.08 Å².